The normalized spacial score (nSPS) is 12.8. The number of hydrogen-bond donors (Lipinski definition) is 2. The van der Waals surface area contributed by atoms with Crippen molar-refractivity contribution in [1.29, 1.82) is 0 Å². The van der Waals surface area contributed by atoms with E-state index >= 15 is 0 Å². The number of nitrogens with zero attached hydrogens (tertiary/aromatic N) is 4. The van der Waals surface area contributed by atoms with Crippen LogP contribution in [0.5, 0.6) is 0 Å². The molecule has 3 aromatic rings. The molecule has 1 atom stereocenters. The van der Waals surface area contributed by atoms with E-state index in [1.807, 2.05) is 37.2 Å². The fourth-order valence-corrected chi connectivity index (χ4v) is 2.71. The van der Waals surface area contributed by atoms with Gasteiger partial charge in [0, 0.05) is 25.9 Å². The minimum Gasteiger partial charge on any atom is -0.347 e. The third-order valence-corrected chi connectivity index (χ3v) is 3.92. The number of aromatic nitrogens is 4. The number of rotatable bonds is 5. The van der Waals surface area contributed by atoms with Gasteiger partial charge in [-0.25, -0.2) is 15.0 Å². The van der Waals surface area contributed by atoms with Gasteiger partial charge in [0.25, 0.3) is 0 Å². The number of anilines is 1. The zero-order valence-corrected chi connectivity index (χ0v) is 14.6. The molecule has 0 saturated heterocycles. The van der Waals surface area contributed by atoms with E-state index < -0.39 is 0 Å². The van der Waals surface area contributed by atoms with Crippen LogP contribution in [0.4, 0.5) is 5.95 Å². The van der Waals surface area contributed by atoms with Crippen molar-refractivity contribution in [2.24, 2.45) is 11.7 Å². The molecule has 1 unspecified atom stereocenters. The Morgan fingerprint density at radius 2 is 1.96 bits per heavy atom. The lowest BCUT2D eigenvalue weighted by atomic mass is 10.0. The first kappa shape index (κ1) is 16.4. The Labute approximate surface area is 142 Å². The first-order valence-corrected chi connectivity index (χ1v) is 8.20. The standard InChI is InChI=1S/C18H24N6/c1-11(2)9-13(19)17-21-15-6-5-12(10-16(15)22-17)14-7-8-20-18(23-14)24(3)4/h5-8,10-11,13H,9,19H2,1-4H3,(H,21,22). The Kier molecular flexibility index (Phi) is 4.49. The molecule has 0 amide bonds. The van der Waals surface area contributed by atoms with Gasteiger partial charge in [-0.05, 0) is 30.5 Å². The zero-order valence-electron chi connectivity index (χ0n) is 14.6. The van der Waals surface area contributed by atoms with E-state index in [1.165, 1.54) is 0 Å². The highest BCUT2D eigenvalue weighted by Gasteiger charge is 2.13. The highest BCUT2D eigenvalue weighted by atomic mass is 15.2. The molecule has 0 radical (unpaired) electrons. The first-order valence-electron chi connectivity index (χ1n) is 8.20. The maximum atomic E-state index is 6.24. The van der Waals surface area contributed by atoms with Crippen LogP contribution in [0.2, 0.25) is 0 Å². The van der Waals surface area contributed by atoms with Crippen LogP contribution in [0.3, 0.4) is 0 Å². The fraction of sp³-hybridized carbons (Fsp3) is 0.389. The molecule has 0 aliphatic heterocycles. The second-order valence-corrected chi connectivity index (χ2v) is 6.73. The van der Waals surface area contributed by atoms with Crippen LogP contribution in [0.25, 0.3) is 22.3 Å². The fourth-order valence-electron chi connectivity index (χ4n) is 2.71. The van der Waals surface area contributed by atoms with Gasteiger partial charge in [0.1, 0.15) is 5.82 Å². The van der Waals surface area contributed by atoms with Crippen LogP contribution in [-0.2, 0) is 0 Å². The quantitative estimate of drug-likeness (QED) is 0.753. The van der Waals surface area contributed by atoms with E-state index in [1.54, 1.807) is 6.20 Å². The summed E-state index contributed by atoms with van der Waals surface area (Å²) in [7, 11) is 3.86. The summed E-state index contributed by atoms with van der Waals surface area (Å²) < 4.78 is 0. The van der Waals surface area contributed by atoms with Gasteiger partial charge < -0.3 is 15.6 Å². The van der Waals surface area contributed by atoms with E-state index in [0.29, 0.717) is 11.9 Å². The van der Waals surface area contributed by atoms with Crippen molar-refractivity contribution in [2.45, 2.75) is 26.3 Å². The molecular formula is C18H24N6. The maximum absolute atomic E-state index is 6.24. The number of nitrogens with two attached hydrogens (primary N) is 1. The second kappa shape index (κ2) is 6.57. The minimum atomic E-state index is -0.0692. The Morgan fingerprint density at radius 1 is 1.17 bits per heavy atom. The zero-order chi connectivity index (χ0) is 17.3. The summed E-state index contributed by atoms with van der Waals surface area (Å²) in [6.45, 7) is 4.33. The van der Waals surface area contributed by atoms with Gasteiger partial charge in [0.05, 0.1) is 22.8 Å². The van der Waals surface area contributed by atoms with Crippen molar-refractivity contribution in [3.05, 3.63) is 36.3 Å². The highest BCUT2D eigenvalue weighted by molar-refractivity contribution is 5.81. The Balaban J connectivity index is 1.95. The Bertz CT molecular complexity index is 836. The molecular weight excluding hydrogens is 300 g/mol. The smallest absolute Gasteiger partial charge is 0.225 e. The largest absolute Gasteiger partial charge is 0.347 e. The average Bonchev–Trinajstić information content (AvgIpc) is 2.97. The van der Waals surface area contributed by atoms with Gasteiger partial charge >= 0.3 is 0 Å². The third-order valence-electron chi connectivity index (χ3n) is 3.92. The number of imidazole rings is 1. The molecule has 2 heterocycles. The van der Waals surface area contributed by atoms with Gasteiger partial charge in [0.2, 0.25) is 5.95 Å². The van der Waals surface area contributed by atoms with Crippen molar-refractivity contribution in [3.8, 4) is 11.3 Å². The molecule has 126 valence electrons. The van der Waals surface area contributed by atoms with Gasteiger partial charge in [0.15, 0.2) is 0 Å². The van der Waals surface area contributed by atoms with Gasteiger partial charge in [-0.3, -0.25) is 0 Å². The molecule has 0 fully saturated rings. The molecule has 0 spiro atoms. The SMILES string of the molecule is CC(C)CC(N)c1nc2ccc(-c3ccnc(N(C)C)n3)cc2[nH]1. The molecule has 2 aromatic heterocycles. The van der Waals surface area contributed by atoms with Gasteiger partial charge in [-0.2, -0.15) is 0 Å². The van der Waals surface area contributed by atoms with E-state index in [9.17, 15) is 0 Å². The molecule has 3 rings (SSSR count). The van der Waals surface area contributed by atoms with E-state index in [2.05, 4.69) is 39.8 Å². The lowest BCUT2D eigenvalue weighted by molar-refractivity contribution is 0.496. The van der Waals surface area contributed by atoms with Crippen LogP contribution >= 0.6 is 0 Å². The van der Waals surface area contributed by atoms with E-state index in [-0.39, 0.29) is 6.04 Å². The maximum Gasteiger partial charge on any atom is 0.225 e. The average molecular weight is 324 g/mol. The molecule has 1 aromatic carbocycles. The Morgan fingerprint density at radius 3 is 2.67 bits per heavy atom. The summed E-state index contributed by atoms with van der Waals surface area (Å²) in [5.41, 5.74) is 10.1. The van der Waals surface area contributed by atoms with Crippen molar-refractivity contribution >= 4 is 17.0 Å². The molecule has 6 nitrogen and oxygen atoms in total. The molecule has 0 aliphatic rings. The molecule has 6 heteroatoms. The van der Waals surface area contributed by atoms with E-state index in [0.717, 1.165) is 34.5 Å². The highest BCUT2D eigenvalue weighted by Crippen LogP contribution is 2.25. The van der Waals surface area contributed by atoms with Crippen LogP contribution in [0, 0.1) is 5.92 Å². The lowest BCUT2D eigenvalue weighted by Crippen LogP contribution is -2.14. The molecule has 3 N–H and O–H groups in total. The summed E-state index contributed by atoms with van der Waals surface area (Å²) in [6.07, 6.45) is 2.68. The van der Waals surface area contributed by atoms with Crippen molar-refractivity contribution in [1.82, 2.24) is 19.9 Å². The first-order chi connectivity index (χ1) is 11.4. The molecule has 0 saturated carbocycles. The number of nitrogens with one attached hydrogen (secondary N) is 1. The van der Waals surface area contributed by atoms with E-state index in [4.69, 9.17) is 5.73 Å². The summed E-state index contributed by atoms with van der Waals surface area (Å²) in [6, 6.07) is 7.94. The monoisotopic (exact) mass is 324 g/mol. The number of aromatic amines is 1. The van der Waals surface area contributed by atoms with Crippen LogP contribution in [0.1, 0.15) is 32.1 Å². The van der Waals surface area contributed by atoms with Crippen LogP contribution in [0.15, 0.2) is 30.5 Å². The third kappa shape index (κ3) is 3.38. The second-order valence-electron chi connectivity index (χ2n) is 6.73. The molecule has 0 bridgehead atoms. The number of fused-ring (bicyclic) bond motifs is 1. The number of benzene rings is 1. The van der Waals surface area contributed by atoms with Crippen molar-refractivity contribution < 1.29 is 0 Å². The molecule has 0 aliphatic carbocycles. The van der Waals surface area contributed by atoms with Gasteiger partial charge in [-0.1, -0.05) is 19.9 Å². The molecule has 24 heavy (non-hydrogen) atoms. The topological polar surface area (TPSA) is 83.7 Å². The predicted molar refractivity (Wildman–Crippen MR) is 97.8 cm³/mol. The number of H-pyrrole nitrogens is 1. The summed E-state index contributed by atoms with van der Waals surface area (Å²) >= 11 is 0. The minimum absolute atomic E-state index is 0.0692. The lowest BCUT2D eigenvalue weighted by Gasteiger charge is -2.10. The predicted octanol–water partition coefficient (Wildman–Crippen LogP) is 3.13. The summed E-state index contributed by atoms with van der Waals surface area (Å²) in [5.74, 6) is 2.07. The van der Waals surface area contributed by atoms with Crippen molar-refractivity contribution in [2.75, 3.05) is 19.0 Å². The van der Waals surface area contributed by atoms with Crippen LogP contribution < -0.4 is 10.6 Å². The Hall–Kier alpha value is -2.47. The summed E-state index contributed by atoms with van der Waals surface area (Å²) in [4.78, 5) is 18.7. The summed E-state index contributed by atoms with van der Waals surface area (Å²) in [5, 5.41) is 0. The van der Waals surface area contributed by atoms with Crippen molar-refractivity contribution in [3.63, 3.8) is 0 Å². The van der Waals surface area contributed by atoms with Gasteiger partial charge in [-0.15, -0.1) is 0 Å². The van der Waals surface area contributed by atoms with Crippen LogP contribution in [-0.4, -0.2) is 34.0 Å². The number of hydrogen-bond acceptors (Lipinski definition) is 5.